The predicted molar refractivity (Wildman–Crippen MR) is 165 cm³/mol. The summed E-state index contributed by atoms with van der Waals surface area (Å²) >= 11 is 1.40. The number of cyclic esters (lactones) is 2. The molecule has 1 amide bonds. The Bertz CT molecular complexity index is 1470. The second-order valence-electron chi connectivity index (χ2n) is 10.6. The molecule has 4 rings (SSSR count). The molecule has 3 aromatic rings. The first-order chi connectivity index (χ1) is 21.7. The van der Waals surface area contributed by atoms with Crippen LogP contribution >= 0.6 is 11.8 Å². The van der Waals surface area contributed by atoms with Crippen LogP contribution in [0.5, 0.6) is 11.5 Å². The third-order valence-corrected chi connectivity index (χ3v) is 7.78. The van der Waals surface area contributed by atoms with Gasteiger partial charge in [0.15, 0.2) is 29.3 Å². The monoisotopic (exact) mass is 636 g/mol. The SMILES string of the molecule is COc1ccnc(C(=O)N[C@H]2COC(=O)C(Cc3ccccc3)[C@@H](OC(=O)C(C)C)[C@H](C)OC2=O)c1OCSc1ccccc1. The Balaban J connectivity index is 1.54. The Morgan fingerprint density at radius 1 is 1.02 bits per heavy atom. The minimum Gasteiger partial charge on any atom is -0.493 e. The van der Waals surface area contributed by atoms with E-state index in [0.29, 0.717) is 0 Å². The van der Waals surface area contributed by atoms with Gasteiger partial charge in [0.1, 0.15) is 24.6 Å². The molecule has 238 valence electrons. The van der Waals surface area contributed by atoms with Crippen LogP contribution in [0.2, 0.25) is 0 Å². The average molecular weight is 637 g/mol. The first-order valence-corrected chi connectivity index (χ1v) is 15.4. The minimum absolute atomic E-state index is 0.0753. The van der Waals surface area contributed by atoms with Gasteiger partial charge in [-0.25, -0.2) is 9.78 Å². The van der Waals surface area contributed by atoms with E-state index in [1.54, 1.807) is 19.9 Å². The molecular weight excluding hydrogens is 600 g/mol. The summed E-state index contributed by atoms with van der Waals surface area (Å²) in [4.78, 5) is 58.0. The van der Waals surface area contributed by atoms with Gasteiger partial charge in [0.05, 0.1) is 13.0 Å². The zero-order valence-corrected chi connectivity index (χ0v) is 26.3. The van der Waals surface area contributed by atoms with Crippen molar-refractivity contribution < 1.29 is 42.9 Å². The molecule has 1 unspecified atom stereocenters. The molecule has 1 N–H and O–H groups in total. The van der Waals surface area contributed by atoms with E-state index in [2.05, 4.69) is 10.3 Å². The molecule has 1 saturated heterocycles. The lowest BCUT2D eigenvalue weighted by Gasteiger charge is -2.29. The predicted octanol–water partition coefficient (Wildman–Crippen LogP) is 4.23. The Kier molecular flexibility index (Phi) is 11.8. The first kappa shape index (κ1) is 33.3. The molecule has 1 fully saturated rings. The van der Waals surface area contributed by atoms with Crippen molar-refractivity contribution in [2.45, 2.75) is 50.3 Å². The summed E-state index contributed by atoms with van der Waals surface area (Å²) in [7, 11) is 1.43. The Morgan fingerprint density at radius 2 is 1.71 bits per heavy atom. The van der Waals surface area contributed by atoms with E-state index in [0.717, 1.165) is 10.5 Å². The van der Waals surface area contributed by atoms with Crippen LogP contribution in [0.4, 0.5) is 0 Å². The highest BCUT2D eigenvalue weighted by molar-refractivity contribution is 7.99. The number of carbonyl (C=O) groups is 4. The molecule has 0 radical (unpaired) electrons. The van der Waals surface area contributed by atoms with Crippen LogP contribution in [0.25, 0.3) is 0 Å². The summed E-state index contributed by atoms with van der Waals surface area (Å²) in [5.41, 5.74) is 0.662. The summed E-state index contributed by atoms with van der Waals surface area (Å²) in [5.74, 6) is -3.89. The summed E-state index contributed by atoms with van der Waals surface area (Å²) in [6, 6.07) is 18.9. The van der Waals surface area contributed by atoms with Crippen molar-refractivity contribution in [1.82, 2.24) is 10.3 Å². The number of amides is 1. The van der Waals surface area contributed by atoms with Gasteiger partial charge in [-0.1, -0.05) is 74.1 Å². The van der Waals surface area contributed by atoms with Crippen molar-refractivity contribution in [3.63, 3.8) is 0 Å². The summed E-state index contributed by atoms with van der Waals surface area (Å²) < 4.78 is 28.2. The lowest BCUT2D eigenvalue weighted by Crippen LogP contribution is -2.47. The Labute approximate surface area is 265 Å². The van der Waals surface area contributed by atoms with Crippen molar-refractivity contribution in [1.29, 1.82) is 0 Å². The standard InChI is InChI=1S/C33H36N2O9S/c1-20(2)31(37)44-28-21(3)43-33(39)25(18-41-32(38)24(28)17-22-11-7-5-8-12-22)35-30(36)27-29(26(40-4)15-16-34-27)42-19-45-23-13-9-6-10-14-23/h5-16,20-21,24-25,28H,17-19H2,1-4H3,(H,35,36)/t21-,24?,25-,28-/m0/s1. The van der Waals surface area contributed by atoms with E-state index in [1.807, 2.05) is 60.7 Å². The first-order valence-electron chi connectivity index (χ1n) is 14.4. The molecule has 11 nitrogen and oxygen atoms in total. The van der Waals surface area contributed by atoms with Crippen LogP contribution in [0.3, 0.4) is 0 Å². The number of carbonyl (C=O) groups excluding carboxylic acids is 4. The molecule has 1 aliphatic heterocycles. The molecule has 12 heteroatoms. The molecule has 2 aromatic carbocycles. The lowest BCUT2D eigenvalue weighted by molar-refractivity contribution is -0.176. The van der Waals surface area contributed by atoms with Crippen molar-refractivity contribution in [2.24, 2.45) is 11.8 Å². The zero-order chi connectivity index (χ0) is 32.3. The van der Waals surface area contributed by atoms with E-state index in [4.69, 9.17) is 23.7 Å². The van der Waals surface area contributed by atoms with Gasteiger partial charge in [-0.2, -0.15) is 0 Å². The van der Waals surface area contributed by atoms with Crippen LogP contribution in [-0.2, 0) is 35.0 Å². The van der Waals surface area contributed by atoms with Gasteiger partial charge >= 0.3 is 17.9 Å². The number of hydrogen-bond donors (Lipinski definition) is 1. The molecule has 0 spiro atoms. The molecule has 2 heterocycles. The number of aromatic nitrogens is 1. The molecule has 1 aromatic heterocycles. The highest BCUT2D eigenvalue weighted by atomic mass is 32.2. The van der Waals surface area contributed by atoms with Crippen molar-refractivity contribution in [3.05, 3.63) is 84.2 Å². The van der Waals surface area contributed by atoms with E-state index >= 15 is 0 Å². The molecule has 1 aliphatic rings. The summed E-state index contributed by atoms with van der Waals surface area (Å²) in [5, 5.41) is 2.56. The third kappa shape index (κ3) is 8.98. The van der Waals surface area contributed by atoms with Gasteiger partial charge < -0.3 is 29.0 Å². The fraction of sp³-hybridized carbons (Fsp3) is 0.364. The van der Waals surface area contributed by atoms with Gasteiger partial charge in [-0.3, -0.25) is 14.4 Å². The number of rotatable bonds is 11. The highest BCUT2D eigenvalue weighted by Crippen LogP contribution is 2.31. The molecule has 0 saturated carbocycles. The fourth-order valence-corrected chi connectivity index (χ4v) is 5.21. The number of hydrogen-bond acceptors (Lipinski definition) is 11. The van der Waals surface area contributed by atoms with Crippen molar-refractivity contribution in [3.8, 4) is 11.5 Å². The van der Waals surface area contributed by atoms with E-state index in [-0.39, 0.29) is 29.6 Å². The normalized spacial score (nSPS) is 20.1. The Hall–Kier alpha value is -4.58. The number of benzene rings is 2. The van der Waals surface area contributed by atoms with E-state index in [1.165, 1.54) is 32.0 Å². The molecule has 4 atom stereocenters. The van der Waals surface area contributed by atoms with Gasteiger partial charge in [-0.15, -0.1) is 0 Å². The second-order valence-corrected chi connectivity index (χ2v) is 11.6. The van der Waals surface area contributed by atoms with Gasteiger partial charge in [-0.05, 0) is 31.0 Å². The maximum Gasteiger partial charge on any atom is 0.332 e. The van der Waals surface area contributed by atoms with E-state index in [9.17, 15) is 19.2 Å². The number of nitrogens with one attached hydrogen (secondary N) is 1. The van der Waals surface area contributed by atoms with Gasteiger partial charge in [0, 0.05) is 17.2 Å². The van der Waals surface area contributed by atoms with Gasteiger partial charge in [0.2, 0.25) is 0 Å². The third-order valence-electron chi connectivity index (χ3n) is 6.94. The molecule has 0 aliphatic carbocycles. The number of pyridine rings is 1. The van der Waals surface area contributed by atoms with Crippen LogP contribution in [-0.4, -0.2) is 66.7 Å². The molecular formula is C33H36N2O9S. The summed E-state index contributed by atoms with van der Waals surface area (Å²) in [6.07, 6.45) is -0.628. The fourth-order valence-electron chi connectivity index (χ4n) is 4.54. The Morgan fingerprint density at radius 3 is 2.38 bits per heavy atom. The quantitative estimate of drug-likeness (QED) is 0.140. The minimum atomic E-state index is -1.39. The van der Waals surface area contributed by atoms with Crippen LogP contribution in [0.15, 0.2) is 77.8 Å². The largest absolute Gasteiger partial charge is 0.493 e. The highest BCUT2D eigenvalue weighted by Gasteiger charge is 2.42. The second kappa shape index (κ2) is 15.9. The molecule has 0 bridgehead atoms. The van der Waals surface area contributed by atoms with Crippen LogP contribution in [0, 0.1) is 11.8 Å². The number of thioether (sulfide) groups is 1. The van der Waals surface area contributed by atoms with E-state index < -0.39 is 60.5 Å². The lowest BCUT2D eigenvalue weighted by atomic mass is 9.91. The number of esters is 3. The molecule has 45 heavy (non-hydrogen) atoms. The number of ether oxygens (including phenoxy) is 5. The van der Waals surface area contributed by atoms with Crippen molar-refractivity contribution >= 4 is 35.6 Å². The van der Waals surface area contributed by atoms with Crippen molar-refractivity contribution in [2.75, 3.05) is 19.7 Å². The smallest absolute Gasteiger partial charge is 0.332 e. The average Bonchev–Trinajstić information content (AvgIpc) is 3.07. The number of methoxy groups -OCH3 is 1. The maximum atomic E-state index is 13.5. The summed E-state index contributed by atoms with van der Waals surface area (Å²) in [6.45, 7) is 4.34. The van der Waals surface area contributed by atoms with Gasteiger partial charge in [0.25, 0.3) is 5.91 Å². The maximum absolute atomic E-state index is 13.5. The van der Waals surface area contributed by atoms with Crippen LogP contribution < -0.4 is 14.8 Å². The zero-order valence-electron chi connectivity index (χ0n) is 25.5. The number of nitrogens with zero attached hydrogens (tertiary/aromatic N) is 1. The topological polar surface area (TPSA) is 139 Å². The van der Waals surface area contributed by atoms with Crippen LogP contribution in [0.1, 0.15) is 36.8 Å².